The highest BCUT2D eigenvalue weighted by Crippen LogP contribution is 2.21. The Morgan fingerprint density at radius 1 is 0.677 bits per heavy atom. The van der Waals surface area contributed by atoms with Crippen LogP contribution in [0.25, 0.3) is 0 Å². The van der Waals surface area contributed by atoms with Crippen molar-refractivity contribution in [2.24, 2.45) is 0 Å². The predicted octanol–water partition coefficient (Wildman–Crippen LogP) is 1.57. The summed E-state index contributed by atoms with van der Waals surface area (Å²) in [4.78, 5) is -0.928. The Labute approximate surface area is 180 Å². The van der Waals surface area contributed by atoms with E-state index in [0.29, 0.717) is 11.1 Å². The van der Waals surface area contributed by atoms with Crippen molar-refractivity contribution in [3.05, 3.63) is 70.5 Å². The number of hydrogen-bond acceptors (Lipinski definition) is 8. The highest BCUT2D eigenvalue weighted by molar-refractivity contribution is 7.97. The molecular formula is C18H20N2O8S3. The van der Waals surface area contributed by atoms with Crippen molar-refractivity contribution in [1.82, 2.24) is 0 Å². The van der Waals surface area contributed by atoms with E-state index in [1.807, 2.05) is 0 Å². The van der Waals surface area contributed by atoms with Gasteiger partial charge in [0.25, 0.3) is 20.2 Å². The normalized spacial score (nSPS) is 13.2. The summed E-state index contributed by atoms with van der Waals surface area (Å²) in [5, 5.41) is 1.83. The minimum absolute atomic E-state index is 0.0611. The molecule has 0 aliphatic heterocycles. The Morgan fingerprint density at radius 2 is 1.03 bits per heavy atom. The van der Waals surface area contributed by atoms with Gasteiger partial charge in [-0.05, 0) is 48.2 Å². The van der Waals surface area contributed by atoms with Crippen LogP contribution in [-0.4, -0.2) is 34.4 Å². The summed E-state index contributed by atoms with van der Waals surface area (Å²) < 4.78 is 87.5. The third-order valence-corrected chi connectivity index (χ3v) is 6.95. The predicted molar refractivity (Wildman–Crippen MR) is 116 cm³/mol. The van der Waals surface area contributed by atoms with E-state index in [2.05, 4.69) is 0 Å². The van der Waals surface area contributed by atoms with Crippen molar-refractivity contribution in [2.75, 3.05) is 11.5 Å². The molecule has 10 nitrogen and oxygen atoms in total. The number of benzene rings is 2. The van der Waals surface area contributed by atoms with Gasteiger partial charge >= 0.3 is 0 Å². The molecule has 0 unspecified atom stereocenters. The fraction of sp³-hybridized carbons (Fsp3) is 0.111. The first kappa shape index (κ1) is 24.6. The molecule has 2 aromatic rings. The van der Waals surface area contributed by atoms with Gasteiger partial charge in [0.2, 0.25) is 0 Å². The molecule has 0 aliphatic rings. The molecule has 0 spiro atoms. The van der Waals surface area contributed by atoms with E-state index in [1.165, 1.54) is 36.4 Å². The van der Waals surface area contributed by atoms with Crippen LogP contribution in [0.4, 0.5) is 11.4 Å². The SMILES string of the molecule is Nc1ccc(CC=CS(=O)(=O)C=CCc2ccc(N)c(S(=O)(=O)O)c2)cc1S(=O)(=O)O. The molecule has 0 aliphatic carbocycles. The zero-order valence-corrected chi connectivity index (χ0v) is 18.4. The molecule has 6 N–H and O–H groups in total. The number of sulfone groups is 1. The van der Waals surface area contributed by atoms with E-state index in [4.69, 9.17) is 20.6 Å². The molecule has 31 heavy (non-hydrogen) atoms. The van der Waals surface area contributed by atoms with Crippen LogP contribution < -0.4 is 11.5 Å². The third kappa shape index (κ3) is 7.18. The average molecular weight is 489 g/mol. The van der Waals surface area contributed by atoms with E-state index in [9.17, 15) is 25.3 Å². The number of nitrogens with two attached hydrogens (primary N) is 2. The monoisotopic (exact) mass is 488 g/mol. The van der Waals surface area contributed by atoms with Gasteiger partial charge < -0.3 is 11.5 Å². The molecule has 0 fully saturated rings. The molecule has 0 bridgehead atoms. The summed E-state index contributed by atoms with van der Waals surface area (Å²) in [6.07, 6.45) is 2.70. The summed E-state index contributed by atoms with van der Waals surface area (Å²) in [6.45, 7) is 0. The van der Waals surface area contributed by atoms with E-state index in [-0.39, 0.29) is 24.2 Å². The summed E-state index contributed by atoms with van der Waals surface area (Å²) in [5.74, 6) is 0. The molecule has 0 radical (unpaired) electrons. The second-order valence-electron chi connectivity index (χ2n) is 6.44. The Bertz CT molecular complexity index is 1260. The highest BCUT2D eigenvalue weighted by atomic mass is 32.2. The molecule has 2 aromatic carbocycles. The van der Waals surface area contributed by atoms with E-state index < -0.39 is 39.9 Å². The maximum Gasteiger partial charge on any atom is 0.296 e. The maximum absolute atomic E-state index is 12.1. The maximum atomic E-state index is 12.1. The average Bonchev–Trinajstić information content (AvgIpc) is 2.62. The van der Waals surface area contributed by atoms with Crippen molar-refractivity contribution >= 4 is 41.4 Å². The van der Waals surface area contributed by atoms with Crippen LogP contribution in [0.15, 0.2) is 69.2 Å². The molecule has 0 saturated heterocycles. The summed E-state index contributed by atoms with van der Waals surface area (Å²) in [5.41, 5.74) is 11.6. The lowest BCUT2D eigenvalue weighted by Gasteiger charge is -2.05. The van der Waals surface area contributed by atoms with Crippen molar-refractivity contribution in [3.8, 4) is 0 Å². The highest BCUT2D eigenvalue weighted by Gasteiger charge is 2.15. The van der Waals surface area contributed by atoms with Crippen LogP contribution in [0.5, 0.6) is 0 Å². The van der Waals surface area contributed by atoms with Gasteiger partial charge in [-0.2, -0.15) is 16.8 Å². The van der Waals surface area contributed by atoms with Gasteiger partial charge in [0.1, 0.15) is 9.79 Å². The van der Waals surface area contributed by atoms with Gasteiger partial charge in [-0.15, -0.1) is 0 Å². The Hall–Kier alpha value is -2.71. The standard InChI is InChI=1S/C18H20N2O8S3/c19-15-7-5-13(11-17(15)30(23,24)25)3-1-9-29(21,22)10-2-4-14-6-8-16(20)18(12-14)31(26,27)28/h1-2,5-12H,3-4,19-20H2,(H,23,24,25)(H,26,27,28). The van der Waals surface area contributed by atoms with Gasteiger partial charge in [-0.1, -0.05) is 24.3 Å². The topological polar surface area (TPSA) is 195 Å². The first-order valence-corrected chi connectivity index (χ1v) is 13.0. The zero-order chi connectivity index (χ0) is 23.4. The van der Waals surface area contributed by atoms with Crippen molar-refractivity contribution in [2.45, 2.75) is 22.6 Å². The first-order valence-electron chi connectivity index (χ1n) is 8.49. The van der Waals surface area contributed by atoms with Crippen molar-refractivity contribution < 1.29 is 34.4 Å². The molecule has 0 saturated carbocycles. The van der Waals surface area contributed by atoms with Gasteiger partial charge in [0.15, 0.2) is 9.84 Å². The lowest BCUT2D eigenvalue weighted by molar-refractivity contribution is 0.481. The number of anilines is 2. The smallest absolute Gasteiger partial charge is 0.296 e. The molecular weight excluding hydrogens is 468 g/mol. The third-order valence-electron chi connectivity index (χ3n) is 3.99. The Balaban J connectivity index is 2.09. The zero-order valence-electron chi connectivity index (χ0n) is 15.9. The van der Waals surface area contributed by atoms with E-state index in [0.717, 1.165) is 22.9 Å². The minimum atomic E-state index is -4.50. The minimum Gasteiger partial charge on any atom is -0.398 e. The van der Waals surface area contributed by atoms with Crippen LogP contribution in [-0.2, 0) is 42.9 Å². The molecule has 168 valence electrons. The van der Waals surface area contributed by atoms with E-state index in [1.54, 1.807) is 0 Å². The van der Waals surface area contributed by atoms with Crippen molar-refractivity contribution in [3.63, 3.8) is 0 Å². The quantitative estimate of drug-likeness (QED) is 0.313. The lowest BCUT2D eigenvalue weighted by atomic mass is 10.1. The van der Waals surface area contributed by atoms with Crippen LogP contribution in [0.3, 0.4) is 0 Å². The fourth-order valence-electron chi connectivity index (χ4n) is 2.54. The molecule has 2 rings (SSSR count). The molecule has 0 amide bonds. The lowest BCUT2D eigenvalue weighted by Crippen LogP contribution is -2.04. The Kier molecular flexibility index (Phi) is 7.28. The van der Waals surface area contributed by atoms with Crippen LogP contribution in [0, 0.1) is 0 Å². The van der Waals surface area contributed by atoms with Gasteiger partial charge in [0.05, 0.1) is 11.4 Å². The van der Waals surface area contributed by atoms with E-state index >= 15 is 0 Å². The van der Waals surface area contributed by atoms with Crippen LogP contribution >= 0.6 is 0 Å². The van der Waals surface area contributed by atoms with Gasteiger partial charge in [0, 0.05) is 10.8 Å². The van der Waals surface area contributed by atoms with Gasteiger partial charge in [-0.25, -0.2) is 8.42 Å². The van der Waals surface area contributed by atoms with Gasteiger partial charge in [-0.3, -0.25) is 9.11 Å². The molecule has 0 aromatic heterocycles. The second-order valence-corrected chi connectivity index (χ2v) is 10.9. The number of allylic oxidation sites excluding steroid dienone is 2. The number of hydrogen-bond donors (Lipinski definition) is 4. The van der Waals surface area contributed by atoms with Crippen molar-refractivity contribution in [1.29, 1.82) is 0 Å². The Morgan fingerprint density at radius 3 is 1.35 bits per heavy atom. The number of rotatable bonds is 8. The van der Waals surface area contributed by atoms with Crippen LogP contribution in [0.2, 0.25) is 0 Å². The largest absolute Gasteiger partial charge is 0.398 e. The number of nitrogen functional groups attached to an aromatic ring is 2. The second kappa shape index (κ2) is 9.20. The summed E-state index contributed by atoms with van der Waals surface area (Å²) in [7, 11) is -12.8. The summed E-state index contributed by atoms with van der Waals surface area (Å²) >= 11 is 0. The van der Waals surface area contributed by atoms with Crippen LogP contribution in [0.1, 0.15) is 11.1 Å². The molecule has 13 heteroatoms. The fourth-order valence-corrected chi connectivity index (χ4v) is 4.69. The first-order chi connectivity index (χ1) is 14.2. The molecule has 0 atom stereocenters. The summed E-state index contributed by atoms with van der Waals surface area (Å²) in [6, 6.07) is 7.84. The molecule has 0 heterocycles.